The van der Waals surface area contributed by atoms with Gasteiger partial charge in [-0.25, -0.2) is 0 Å². The summed E-state index contributed by atoms with van der Waals surface area (Å²) in [4.78, 5) is 0. The highest BCUT2D eigenvalue weighted by molar-refractivity contribution is 6.35. The van der Waals surface area contributed by atoms with Crippen LogP contribution >= 0.6 is 23.2 Å². The fraction of sp³-hybridized carbons (Fsp3) is 0.176. The van der Waals surface area contributed by atoms with E-state index in [4.69, 9.17) is 27.9 Å². The van der Waals surface area contributed by atoms with Gasteiger partial charge in [0.1, 0.15) is 5.75 Å². The number of aliphatic hydroxyl groups is 1. The van der Waals surface area contributed by atoms with Gasteiger partial charge in [0, 0.05) is 22.9 Å². The second-order valence-electron chi connectivity index (χ2n) is 4.99. The molecule has 0 amide bonds. The van der Waals surface area contributed by atoms with Gasteiger partial charge in [-0.1, -0.05) is 65.7 Å². The van der Waals surface area contributed by atoms with Crippen LogP contribution in [0.5, 0.6) is 5.75 Å². The minimum atomic E-state index is -0.860. The monoisotopic (exact) mass is 320 g/mol. The standard InChI is InChI=1S/C17H14Cl2O2/c18-13-9-14-12(7-6-11-4-2-1-3-5-11)8-16(20)21-17(14)15(19)10-13/h1-7,9-10,12,16,20H,8H2/b7-6+/t12?,16-/m1/s1. The summed E-state index contributed by atoms with van der Waals surface area (Å²) in [6.07, 6.45) is 3.70. The quantitative estimate of drug-likeness (QED) is 0.853. The molecule has 0 radical (unpaired) electrons. The topological polar surface area (TPSA) is 29.5 Å². The van der Waals surface area contributed by atoms with E-state index >= 15 is 0 Å². The zero-order chi connectivity index (χ0) is 14.8. The summed E-state index contributed by atoms with van der Waals surface area (Å²) >= 11 is 12.2. The van der Waals surface area contributed by atoms with Gasteiger partial charge in [0.25, 0.3) is 0 Å². The van der Waals surface area contributed by atoms with Crippen LogP contribution in [0.1, 0.15) is 23.5 Å². The highest BCUT2D eigenvalue weighted by atomic mass is 35.5. The Morgan fingerprint density at radius 2 is 1.90 bits per heavy atom. The average Bonchev–Trinajstić information content (AvgIpc) is 2.47. The minimum absolute atomic E-state index is 0.0140. The van der Waals surface area contributed by atoms with Gasteiger partial charge in [0.2, 0.25) is 0 Å². The molecule has 1 heterocycles. The number of hydrogen-bond acceptors (Lipinski definition) is 2. The molecule has 0 aliphatic carbocycles. The van der Waals surface area contributed by atoms with Crippen molar-refractivity contribution < 1.29 is 9.84 Å². The molecule has 21 heavy (non-hydrogen) atoms. The zero-order valence-corrected chi connectivity index (χ0v) is 12.7. The number of fused-ring (bicyclic) bond motifs is 1. The molecule has 0 spiro atoms. The lowest BCUT2D eigenvalue weighted by Crippen LogP contribution is -2.24. The highest BCUT2D eigenvalue weighted by Crippen LogP contribution is 2.43. The maximum atomic E-state index is 9.87. The van der Waals surface area contributed by atoms with E-state index in [9.17, 15) is 5.11 Å². The van der Waals surface area contributed by atoms with Gasteiger partial charge in [-0.2, -0.15) is 0 Å². The van der Waals surface area contributed by atoms with Gasteiger partial charge in [-0.15, -0.1) is 0 Å². The van der Waals surface area contributed by atoms with Gasteiger partial charge in [0.05, 0.1) is 5.02 Å². The average molecular weight is 321 g/mol. The molecule has 0 saturated heterocycles. The predicted molar refractivity (Wildman–Crippen MR) is 85.9 cm³/mol. The maximum absolute atomic E-state index is 9.87. The molecule has 0 saturated carbocycles. The van der Waals surface area contributed by atoms with Crippen molar-refractivity contribution in [2.24, 2.45) is 0 Å². The molecule has 0 aromatic heterocycles. The molecule has 2 aromatic carbocycles. The molecule has 2 atom stereocenters. The lowest BCUT2D eigenvalue weighted by atomic mass is 9.91. The second kappa shape index (κ2) is 6.10. The first-order chi connectivity index (χ1) is 10.1. The molecule has 0 bridgehead atoms. The van der Waals surface area contributed by atoms with Crippen LogP contribution in [0, 0.1) is 0 Å². The first-order valence-electron chi connectivity index (χ1n) is 6.70. The Morgan fingerprint density at radius 1 is 1.14 bits per heavy atom. The van der Waals surface area contributed by atoms with Gasteiger partial charge in [-0.05, 0) is 17.7 Å². The van der Waals surface area contributed by atoms with Crippen LogP contribution in [-0.2, 0) is 0 Å². The van der Waals surface area contributed by atoms with Crippen molar-refractivity contribution in [3.05, 3.63) is 69.7 Å². The van der Waals surface area contributed by atoms with E-state index in [2.05, 4.69) is 0 Å². The van der Waals surface area contributed by atoms with Crippen LogP contribution in [0.2, 0.25) is 10.0 Å². The van der Waals surface area contributed by atoms with Crippen molar-refractivity contribution in [3.8, 4) is 5.75 Å². The molecule has 1 N–H and O–H groups in total. The normalized spacial score (nSPS) is 21.1. The summed E-state index contributed by atoms with van der Waals surface area (Å²) in [5.41, 5.74) is 2.01. The van der Waals surface area contributed by atoms with Crippen LogP contribution in [0.15, 0.2) is 48.5 Å². The third-order valence-electron chi connectivity index (χ3n) is 3.47. The first-order valence-corrected chi connectivity index (χ1v) is 7.46. The minimum Gasteiger partial charge on any atom is -0.463 e. The van der Waals surface area contributed by atoms with E-state index in [1.807, 2.05) is 48.6 Å². The Kier molecular flexibility index (Phi) is 4.20. The lowest BCUT2D eigenvalue weighted by Gasteiger charge is -2.28. The summed E-state index contributed by atoms with van der Waals surface area (Å²) in [7, 11) is 0. The molecule has 1 aliphatic rings. The molecule has 1 aliphatic heterocycles. The van der Waals surface area contributed by atoms with E-state index in [1.54, 1.807) is 6.07 Å². The van der Waals surface area contributed by atoms with Crippen LogP contribution < -0.4 is 4.74 Å². The van der Waals surface area contributed by atoms with Crippen molar-refractivity contribution in [2.45, 2.75) is 18.6 Å². The summed E-state index contributed by atoms with van der Waals surface area (Å²) in [6.45, 7) is 0. The van der Waals surface area contributed by atoms with Crippen molar-refractivity contribution in [1.29, 1.82) is 0 Å². The van der Waals surface area contributed by atoms with Crippen molar-refractivity contribution >= 4 is 29.3 Å². The highest BCUT2D eigenvalue weighted by Gasteiger charge is 2.27. The van der Waals surface area contributed by atoms with Crippen LogP contribution in [0.4, 0.5) is 0 Å². The number of halogens is 2. The Bertz CT molecular complexity index is 668. The number of ether oxygens (including phenoxy) is 1. The Balaban J connectivity index is 1.96. The van der Waals surface area contributed by atoms with Crippen molar-refractivity contribution in [2.75, 3.05) is 0 Å². The van der Waals surface area contributed by atoms with Gasteiger partial charge in [-0.3, -0.25) is 0 Å². The largest absolute Gasteiger partial charge is 0.463 e. The smallest absolute Gasteiger partial charge is 0.198 e. The molecule has 2 nitrogen and oxygen atoms in total. The Labute approximate surface area is 133 Å². The SMILES string of the molecule is O[C@H]1CC(/C=C/c2ccccc2)c2cc(Cl)cc(Cl)c2O1. The van der Waals surface area contributed by atoms with E-state index in [0.717, 1.165) is 11.1 Å². The fourth-order valence-corrected chi connectivity index (χ4v) is 3.04. The summed E-state index contributed by atoms with van der Waals surface area (Å²) in [6, 6.07) is 13.5. The molecule has 4 heteroatoms. The lowest BCUT2D eigenvalue weighted by molar-refractivity contribution is -0.0352. The Hall–Kier alpha value is -1.48. The van der Waals surface area contributed by atoms with E-state index in [1.165, 1.54) is 0 Å². The van der Waals surface area contributed by atoms with Gasteiger partial charge >= 0.3 is 0 Å². The first kappa shape index (κ1) is 14.5. The molecule has 108 valence electrons. The van der Waals surface area contributed by atoms with Crippen LogP contribution in [-0.4, -0.2) is 11.4 Å². The number of aliphatic hydroxyl groups excluding tert-OH is 1. The second-order valence-corrected chi connectivity index (χ2v) is 5.83. The molecular formula is C17H14Cl2O2. The molecular weight excluding hydrogens is 307 g/mol. The van der Waals surface area contributed by atoms with Gasteiger partial charge < -0.3 is 9.84 Å². The number of hydrogen-bond donors (Lipinski definition) is 1. The summed E-state index contributed by atoms with van der Waals surface area (Å²) in [5, 5.41) is 10.9. The third kappa shape index (κ3) is 3.24. The fourth-order valence-electron chi connectivity index (χ4n) is 2.48. The molecule has 1 unspecified atom stereocenters. The van der Waals surface area contributed by atoms with Crippen LogP contribution in [0.25, 0.3) is 6.08 Å². The number of benzene rings is 2. The predicted octanol–water partition coefficient (Wildman–Crippen LogP) is 4.89. The number of rotatable bonds is 2. The van der Waals surface area contributed by atoms with E-state index < -0.39 is 6.29 Å². The molecule has 0 fully saturated rings. The summed E-state index contributed by atoms with van der Waals surface area (Å²) < 4.78 is 5.43. The van der Waals surface area contributed by atoms with E-state index in [-0.39, 0.29) is 5.92 Å². The van der Waals surface area contributed by atoms with Crippen LogP contribution in [0.3, 0.4) is 0 Å². The van der Waals surface area contributed by atoms with Crippen molar-refractivity contribution in [1.82, 2.24) is 0 Å². The Morgan fingerprint density at radius 3 is 2.67 bits per heavy atom. The molecule has 2 aromatic rings. The zero-order valence-electron chi connectivity index (χ0n) is 11.2. The summed E-state index contributed by atoms with van der Waals surface area (Å²) in [5.74, 6) is 0.530. The van der Waals surface area contributed by atoms with E-state index in [0.29, 0.717) is 22.2 Å². The number of allylic oxidation sites excluding steroid dienone is 1. The molecule has 3 rings (SSSR count). The van der Waals surface area contributed by atoms with Crippen molar-refractivity contribution in [3.63, 3.8) is 0 Å². The maximum Gasteiger partial charge on any atom is 0.198 e. The van der Waals surface area contributed by atoms with Gasteiger partial charge in [0.15, 0.2) is 6.29 Å². The third-order valence-corrected chi connectivity index (χ3v) is 3.97.